The highest BCUT2D eigenvalue weighted by Gasteiger charge is 2.42. The highest BCUT2D eigenvalue weighted by Crippen LogP contribution is 2.38. The van der Waals surface area contributed by atoms with Gasteiger partial charge in [-0.3, -0.25) is 0 Å². The Labute approximate surface area is 91.4 Å². The Balaban J connectivity index is 1.68. The maximum Gasteiger partial charge on any atom is 0.0981 e. The molecule has 1 saturated heterocycles. The number of hydrogen-bond acceptors (Lipinski definition) is 1. The Morgan fingerprint density at radius 1 is 0.714 bits per heavy atom. The molecule has 14 heavy (non-hydrogen) atoms. The summed E-state index contributed by atoms with van der Waals surface area (Å²) < 4.78 is 0. The van der Waals surface area contributed by atoms with Crippen LogP contribution in [0.5, 0.6) is 0 Å². The SMILES string of the molecule is C1CC[C@H]2[NH2+][C@@H]3CCCC[C@@H]3S[C@H]2C1. The van der Waals surface area contributed by atoms with Crippen molar-refractivity contribution in [1.82, 2.24) is 0 Å². The van der Waals surface area contributed by atoms with Gasteiger partial charge >= 0.3 is 0 Å². The summed E-state index contributed by atoms with van der Waals surface area (Å²) in [7, 11) is 0. The predicted molar refractivity (Wildman–Crippen MR) is 61.6 cm³/mol. The number of fused-ring (bicyclic) bond motifs is 2. The van der Waals surface area contributed by atoms with E-state index < -0.39 is 0 Å². The van der Waals surface area contributed by atoms with Crippen LogP contribution in [-0.4, -0.2) is 22.6 Å². The minimum Gasteiger partial charge on any atom is -0.340 e. The predicted octanol–water partition coefficient (Wildman–Crippen LogP) is 1.92. The summed E-state index contributed by atoms with van der Waals surface area (Å²) in [5.74, 6) is 0. The van der Waals surface area contributed by atoms with E-state index in [2.05, 4.69) is 17.1 Å². The molecule has 2 heteroatoms. The average Bonchev–Trinajstić information content (AvgIpc) is 2.26. The average molecular weight is 212 g/mol. The molecule has 2 N–H and O–H groups in total. The van der Waals surface area contributed by atoms with Gasteiger partial charge in [-0.15, -0.1) is 11.8 Å². The number of quaternary nitrogens is 1. The summed E-state index contributed by atoms with van der Waals surface area (Å²) in [5, 5.41) is 4.80. The first kappa shape index (κ1) is 9.53. The second-order valence-electron chi connectivity index (χ2n) is 5.30. The van der Waals surface area contributed by atoms with Crippen molar-refractivity contribution in [2.45, 2.75) is 74.0 Å². The van der Waals surface area contributed by atoms with E-state index in [4.69, 9.17) is 0 Å². The molecule has 2 saturated carbocycles. The molecule has 0 amide bonds. The second kappa shape index (κ2) is 4.05. The molecular formula is C12H22NS+. The van der Waals surface area contributed by atoms with Crippen LogP contribution < -0.4 is 5.32 Å². The van der Waals surface area contributed by atoms with Gasteiger partial charge in [0.1, 0.15) is 0 Å². The molecule has 80 valence electrons. The Kier molecular flexibility index (Phi) is 2.76. The van der Waals surface area contributed by atoms with Crippen LogP contribution in [0.25, 0.3) is 0 Å². The van der Waals surface area contributed by atoms with Gasteiger partial charge in [0.25, 0.3) is 0 Å². The molecule has 0 aromatic carbocycles. The number of rotatable bonds is 0. The third-order valence-corrected chi connectivity index (χ3v) is 6.22. The van der Waals surface area contributed by atoms with Crippen molar-refractivity contribution >= 4 is 11.8 Å². The van der Waals surface area contributed by atoms with Gasteiger partial charge in [-0.2, -0.15) is 0 Å². The first-order valence-corrected chi connectivity index (χ1v) is 7.38. The van der Waals surface area contributed by atoms with Crippen molar-refractivity contribution in [3.63, 3.8) is 0 Å². The summed E-state index contributed by atoms with van der Waals surface area (Å²) in [6, 6.07) is 1.99. The maximum atomic E-state index is 2.77. The number of thioether (sulfide) groups is 1. The fourth-order valence-corrected chi connectivity index (χ4v) is 5.48. The van der Waals surface area contributed by atoms with Crippen molar-refractivity contribution in [2.24, 2.45) is 0 Å². The molecule has 3 aliphatic rings. The van der Waals surface area contributed by atoms with Crippen LogP contribution in [0.1, 0.15) is 51.4 Å². The fourth-order valence-electron chi connectivity index (χ4n) is 3.57. The quantitative estimate of drug-likeness (QED) is 0.649. The van der Waals surface area contributed by atoms with Crippen LogP contribution in [0.4, 0.5) is 0 Å². The molecule has 3 fully saturated rings. The van der Waals surface area contributed by atoms with E-state index in [1.54, 1.807) is 0 Å². The summed E-state index contributed by atoms with van der Waals surface area (Å²) in [6.45, 7) is 0. The summed E-state index contributed by atoms with van der Waals surface area (Å²) in [6.07, 6.45) is 12.0. The summed E-state index contributed by atoms with van der Waals surface area (Å²) in [4.78, 5) is 0. The van der Waals surface area contributed by atoms with E-state index in [0.717, 1.165) is 22.6 Å². The van der Waals surface area contributed by atoms with E-state index in [1.807, 2.05) is 0 Å². The van der Waals surface area contributed by atoms with Crippen LogP contribution in [-0.2, 0) is 0 Å². The van der Waals surface area contributed by atoms with Crippen LogP contribution in [0.15, 0.2) is 0 Å². The summed E-state index contributed by atoms with van der Waals surface area (Å²) in [5.41, 5.74) is 0. The normalized spacial score (nSPS) is 48.0. The Morgan fingerprint density at radius 3 is 1.79 bits per heavy atom. The smallest absolute Gasteiger partial charge is 0.0981 e. The molecule has 0 aromatic heterocycles. The third kappa shape index (κ3) is 1.71. The first-order chi connectivity index (χ1) is 6.93. The lowest BCUT2D eigenvalue weighted by Gasteiger charge is -2.43. The number of hydrogen-bond donors (Lipinski definition) is 1. The Hall–Kier alpha value is 0.310. The lowest BCUT2D eigenvalue weighted by atomic mass is 9.89. The molecule has 1 heterocycles. The van der Waals surface area contributed by atoms with Crippen molar-refractivity contribution < 1.29 is 5.32 Å². The van der Waals surface area contributed by atoms with Gasteiger partial charge in [0, 0.05) is 12.8 Å². The molecule has 4 atom stereocenters. The third-order valence-electron chi connectivity index (χ3n) is 4.35. The van der Waals surface area contributed by atoms with Crippen molar-refractivity contribution in [2.75, 3.05) is 0 Å². The summed E-state index contributed by atoms with van der Waals surface area (Å²) >= 11 is 2.37. The lowest BCUT2D eigenvalue weighted by Crippen LogP contribution is -3.00. The highest BCUT2D eigenvalue weighted by atomic mass is 32.2. The van der Waals surface area contributed by atoms with Crippen molar-refractivity contribution in [1.29, 1.82) is 0 Å². The van der Waals surface area contributed by atoms with E-state index in [0.29, 0.717) is 0 Å². The molecule has 1 aliphatic heterocycles. The Bertz CT molecular complexity index is 164. The molecule has 3 rings (SSSR count). The molecule has 0 aromatic rings. The van der Waals surface area contributed by atoms with Crippen molar-refractivity contribution in [3.8, 4) is 0 Å². The minimum atomic E-state index is 0.994. The number of nitrogens with two attached hydrogens (primary N) is 1. The highest BCUT2D eigenvalue weighted by molar-refractivity contribution is 8.00. The van der Waals surface area contributed by atoms with Gasteiger partial charge in [0.15, 0.2) is 0 Å². The van der Waals surface area contributed by atoms with Crippen LogP contribution >= 0.6 is 11.8 Å². The van der Waals surface area contributed by atoms with Crippen LogP contribution in [0.2, 0.25) is 0 Å². The molecule has 0 spiro atoms. The zero-order chi connectivity index (χ0) is 9.38. The fraction of sp³-hybridized carbons (Fsp3) is 1.00. The van der Waals surface area contributed by atoms with E-state index in [1.165, 1.54) is 51.4 Å². The molecular weight excluding hydrogens is 190 g/mol. The Morgan fingerprint density at radius 2 is 1.21 bits per heavy atom. The minimum absolute atomic E-state index is 0.994. The van der Waals surface area contributed by atoms with E-state index in [9.17, 15) is 0 Å². The van der Waals surface area contributed by atoms with Gasteiger partial charge in [-0.05, 0) is 25.7 Å². The largest absolute Gasteiger partial charge is 0.340 e. The van der Waals surface area contributed by atoms with Gasteiger partial charge in [-0.1, -0.05) is 12.8 Å². The van der Waals surface area contributed by atoms with Crippen molar-refractivity contribution in [3.05, 3.63) is 0 Å². The topological polar surface area (TPSA) is 16.6 Å². The standard InChI is InChI=1S/C12H21NS/c1-3-7-11-9(5-1)13-10-6-2-4-8-12(10)14-11/h9-13H,1-8H2/p+1/t9-,10-,11+,12+/m1/s1. The first-order valence-electron chi connectivity index (χ1n) is 6.44. The van der Waals surface area contributed by atoms with Gasteiger partial charge in [0.05, 0.1) is 22.6 Å². The van der Waals surface area contributed by atoms with Gasteiger partial charge in [-0.25, -0.2) is 0 Å². The van der Waals surface area contributed by atoms with Crippen LogP contribution in [0, 0.1) is 0 Å². The zero-order valence-corrected chi connectivity index (χ0v) is 9.77. The second-order valence-corrected chi connectivity index (χ2v) is 6.79. The molecule has 0 bridgehead atoms. The van der Waals surface area contributed by atoms with E-state index in [-0.39, 0.29) is 0 Å². The van der Waals surface area contributed by atoms with Crippen LogP contribution in [0.3, 0.4) is 0 Å². The monoisotopic (exact) mass is 212 g/mol. The molecule has 0 radical (unpaired) electrons. The lowest BCUT2D eigenvalue weighted by molar-refractivity contribution is -0.726. The maximum absolute atomic E-state index is 2.77. The van der Waals surface area contributed by atoms with Gasteiger partial charge in [0.2, 0.25) is 0 Å². The molecule has 0 unspecified atom stereocenters. The molecule has 2 aliphatic carbocycles. The zero-order valence-electron chi connectivity index (χ0n) is 8.95. The molecule has 1 nitrogen and oxygen atoms in total. The van der Waals surface area contributed by atoms with Gasteiger partial charge < -0.3 is 5.32 Å². The van der Waals surface area contributed by atoms with E-state index >= 15 is 0 Å².